The third-order valence-corrected chi connectivity index (χ3v) is 5.94. The van der Waals surface area contributed by atoms with Gasteiger partial charge in [-0.15, -0.1) is 0 Å². The van der Waals surface area contributed by atoms with Crippen LogP contribution in [-0.2, 0) is 13.1 Å². The third kappa shape index (κ3) is 4.00. The van der Waals surface area contributed by atoms with Crippen LogP contribution in [0.25, 0.3) is 5.70 Å². The molecule has 3 aromatic rings. The molecule has 1 aromatic heterocycles. The number of hydrogen-bond acceptors (Lipinski definition) is 7. The summed E-state index contributed by atoms with van der Waals surface area (Å²) in [5, 5.41) is 2.88. The van der Waals surface area contributed by atoms with Gasteiger partial charge in [0.25, 0.3) is 0 Å². The van der Waals surface area contributed by atoms with Gasteiger partial charge in [-0.1, -0.05) is 18.7 Å². The second-order valence-corrected chi connectivity index (χ2v) is 8.08. The Morgan fingerprint density at radius 3 is 2.44 bits per heavy atom. The molecule has 0 bridgehead atoms. The number of nitrogens with two attached hydrogens (primary N) is 1. The monoisotopic (exact) mass is 435 g/mol. The molecule has 2 aliphatic rings. The lowest BCUT2D eigenvalue weighted by molar-refractivity contribution is 0.0712. The van der Waals surface area contributed by atoms with E-state index in [1.807, 2.05) is 24.3 Å². The molecule has 0 saturated carbocycles. The summed E-state index contributed by atoms with van der Waals surface area (Å²) in [6.07, 6.45) is 1.78. The highest BCUT2D eigenvalue weighted by atomic mass is 19.1. The highest BCUT2D eigenvalue weighted by Gasteiger charge is 2.36. The number of rotatable bonds is 6. The van der Waals surface area contributed by atoms with Crippen LogP contribution >= 0.6 is 0 Å². The molecule has 3 heterocycles. The van der Waals surface area contributed by atoms with Crippen molar-refractivity contribution in [1.29, 1.82) is 0 Å². The summed E-state index contributed by atoms with van der Waals surface area (Å²) < 4.78 is 26.8. The zero-order valence-electron chi connectivity index (χ0n) is 17.4. The van der Waals surface area contributed by atoms with Crippen LogP contribution in [0.15, 0.2) is 55.2 Å². The van der Waals surface area contributed by atoms with E-state index in [0.29, 0.717) is 18.5 Å². The van der Waals surface area contributed by atoms with E-state index in [4.69, 9.17) is 5.84 Å². The van der Waals surface area contributed by atoms with Crippen molar-refractivity contribution in [2.75, 3.05) is 23.8 Å². The molecule has 4 N–H and O–H groups in total. The SMILES string of the molecule is C=C(c1ccc(NN)cc1)N1CC(N2Cc3cnc(Nc4cc(F)cc(F)c4)nc3C2)C1. The molecule has 0 atom stereocenters. The molecule has 164 valence electrons. The fourth-order valence-electron chi connectivity index (χ4n) is 4.10. The van der Waals surface area contributed by atoms with E-state index in [-0.39, 0.29) is 5.69 Å². The number of halogens is 2. The second-order valence-electron chi connectivity index (χ2n) is 8.08. The molecule has 1 saturated heterocycles. The predicted octanol–water partition coefficient (Wildman–Crippen LogP) is 3.45. The molecule has 9 heteroatoms. The Morgan fingerprint density at radius 1 is 1.03 bits per heavy atom. The van der Waals surface area contributed by atoms with Gasteiger partial charge >= 0.3 is 0 Å². The number of hydrogen-bond donors (Lipinski definition) is 3. The number of nitrogen functional groups attached to an aromatic ring is 1. The molecule has 0 aliphatic carbocycles. The van der Waals surface area contributed by atoms with Gasteiger partial charge in [0, 0.05) is 67.1 Å². The number of likely N-dealkylation sites (tertiary alicyclic amines) is 1. The highest BCUT2D eigenvalue weighted by Crippen LogP contribution is 2.31. The lowest BCUT2D eigenvalue weighted by Gasteiger charge is -2.46. The smallest absolute Gasteiger partial charge is 0.227 e. The van der Waals surface area contributed by atoms with Crippen molar-refractivity contribution < 1.29 is 8.78 Å². The lowest BCUT2D eigenvalue weighted by atomic mass is 10.0. The summed E-state index contributed by atoms with van der Waals surface area (Å²) in [6.45, 7) is 7.52. The summed E-state index contributed by atoms with van der Waals surface area (Å²) in [7, 11) is 0. The minimum atomic E-state index is -0.650. The third-order valence-electron chi connectivity index (χ3n) is 5.94. The van der Waals surface area contributed by atoms with Crippen LogP contribution < -0.4 is 16.6 Å². The average Bonchev–Trinajstić information content (AvgIpc) is 3.14. The minimum absolute atomic E-state index is 0.278. The number of aromatic nitrogens is 2. The largest absolute Gasteiger partial charge is 0.368 e. The van der Waals surface area contributed by atoms with Gasteiger partial charge < -0.3 is 15.6 Å². The molecule has 32 heavy (non-hydrogen) atoms. The number of fused-ring (bicyclic) bond motifs is 1. The average molecular weight is 435 g/mol. The predicted molar refractivity (Wildman–Crippen MR) is 120 cm³/mol. The Morgan fingerprint density at radius 2 is 1.75 bits per heavy atom. The van der Waals surface area contributed by atoms with Crippen LogP contribution in [0.2, 0.25) is 0 Å². The van der Waals surface area contributed by atoms with Crippen molar-refractivity contribution in [1.82, 2.24) is 19.8 Å². The van der Waals surface area contributed by atoms with Crippen molar-refractivity contribution in [3.63, 3.8) is 0 Å². The first-order chi connectivity index (χ1) is 15.5. The van der Waals surface area contributed by atoms with Gasteiger partial charge in [0.15, 0.2) is 0 Å². The van der Waals surface area contributed by atoms with Crippen LogP contribution in [0.3, 0.4) is 0 Å². The van der Waals surface area contributed by atoms with Crippen molar-refractivity contribution in [2.24, 2.45) is 5.84 Å². The summed E-state index contributed by atoms with van der Waals surface area (Å²) >= 11 is 0. The molecule has 2 aromatic carbocycles. The van der Waals surface area contributed by atoms with Gasteiger partial charge in [-0.05, 0) is 29.8 Å². The molecular formula is C23H23F2N7. The first-order valence-electron chi connectivity index (χ1n) is 10.3. The standard InChI is InChI=1S/C23H23F2N7/c1-14(15-2-4-19(30-26)5-3-15)31-11-21(12-31)32-10-16-9-27-23(29-22(16)13-32)28-20-7-17(24)6-18(25)8-20/h2-9,21,30H,1,10-13,26H2,(H,27,28,29). The van der Waals surface area contributed by atoms with Crippen LogP contribution in [0.5, 0.6) is 0 Å². The van der Waals surface area contributed by atoms with E-state index in [0.717, 1.165) is 53.9 Å². The minimum Gasteiger partial charge on any atom is -0.368 e. The number of benzene rings is 2. The lowest BCUT2D eigenvalue weighted by Crippen LogP contribution is -2.56. The molecular weight excluding hydrogens is 412 g/mol. The van der Waals surface area contributed by atoms with Gasteiger partial charge in [0.1, 0.15) is 11.6 Å². The Labute approximate surface area is 184 Å². The maximum absolute atomic E-state index is 13.4. The fourth-order valence-corrected chi connectivity index (χ4v) is 4.10. The molecule has 0 radical (unpaired) electrons. The first kappa shape index (κ1) is 20.3. The van der Waals surface area contributed by atoms with E-state index in [2.05, 4.69) is 37.1 Å². The number of hydrazine groups is 1. The summed E-state index contributed by atoms with van der Waals surface area (Å²) in [4.78, 5) is 13.5. The fraction of sp³-hybridized carbons (Fsp3) is 0.217. The van der Waals surface area contributed by atoms with Gasteiger partial charge in [-0.25, -0.2) is 18.7 Å². The van der Waals surface area contributed by atoms with E-state index in [1.54, 1.807) is 6.20 Å². The van der Waals surface area contributed by atoms with Gasteiger partial charge in [0.05, 0.1) is 5.69 Å². The van der Waals surface area contributed by atoms with Crippen molar-refractivity contribution >= 4 is 23.0 Å². The number of nitrogens with one attached hydrogen (secondary N) is 2. The molecule has 0 amide bonds. The first-order valence-corrected chi connectivity index (χ1v) is 10.3. The Kier molecular flexibility index (Phi) is 5.20. The molecule has 1 fully saturated rings. The van der Waals surface area contributed by atoms with E-state index in [9.17, 15) is 8.78 Å². The quantitative estimate of drug-likeness (QED) is 0.404. The summed E-state index contributed by atoms with van der Waals surface area (Å²) in [5.74, 6) is 4.45. The summed E-state index contributed by atoms with van der Waals surface area (Å²) in [5.41, 5.74) is 7.83. The Bertz CT molecular complexity index is 1140. The maximum Gasteiger partial charge on any atom is 0.227 e. The van der Waals surface area contributed by atoms with Gasteiger partial charge in [-0.3, -0.25) is 10.7 Å². The van der Waals surface area contributed by atoms with Crippen LogP contribution in [-0.4, -0.2) is 38.9 Å². The molecule has 0 spiro atoms. The molecule has 7 nitrogen and oxygen atoms in total. The zero-order chi connectivity index (χ0) is 22.2. The van der Waals surface area contributed by atoms with Crippen LogP contribution in [0.4, 0.5) is 26.1 Å². The Hall–Kier alpha value is -3.56. The van der Waals surface area contributed by atoms with Crippen molar-refractivity contribution in [3.8, 4) is 0 Å². The number of nitrogens with zero attached hydrogens (tertiary/aromatic N) is 4. The molecule has 2 aliphatic heterocycles. The normalized spacial score (nSPS) is 15.9. The summed E-state index contributed by atoms with van der Waals surface area (Å²) in [6, 6.07) is 11.5. The van der Waals surface area contributed by atoms with E-state index in [1.165, 1.54) is 12.1 Å². The van der Waals surface area contributed by atoms with Gasteiger partial charge in [0.2, 0.25) is 5.95 Å². The van der Waals surface area contributed by atoms with Crippen LogP contribution in [0, 0.1) is 11.6 Å². The van der Waals surface area contributed by atoms with E-state index < -0.39 is 11.6 Å². The zero-order valence-corrected chi connectivity index (χ0v) is 17.4. The maximum atomic E-state index is 13.4. The molecule has 5 rings (SSSR count). The highest BCUT2D eigenvalue weighted by molar-refractivity contribution is 5.65. The van der Waals surface area contributed by atoms with E-state index >= 15 is 0 Å². The number of anilines is 3. The second kappa shape index (κ2) is 8.18. The Balaban J connectivity index is 1.19. The topological polar surface area (TPSA) is 82.3 Å². The van der Waals surface area contributed by atoms with Crippen molar-refractivity contribution in [2.45, 2.75) is 19.1 Å². The van der Waals surface area contributed by atoms with Crippen molar-refractivity contribution in [3.05, 3.63) is 83.7 Å². The molecule has 0 unspecified atom stereocenters. The van der Waals surface area contributed by atoms with Gasteiger partial charge in [-0.2, -0.15) is 0 Å². The van der Waals surface area contributed by atoms with Crippen LogP contribution in [0.1, 0.15) is 16.8 Å².